The Morgan fingerprint density at radius 1 is 1.08 bits per heavy atom. The van der Waals surface area contributed by atoms with Crippen molar-refractivity contribution in [3.05, 3.63) is 28.5 Å². The number of hydrogen-bond donors (Lipinski definition) is 4. The van der Waals surface area contributed by atoms with Crippen LogP contribution in [0.1, 0.15) is 23.2 Å². The molecule has 2 heterocycles. The number of nitrogens with one attached hydrogen (secondary N) is 4. The van der Waals surface area contributed by atoms with Gasteiger partial charge in [0.2, 0.25) is 11.8 Å². The van der Waals surface area contributed by atoms with Crippen LogP contribution in [-0.4, -0.2) is 67.1 Å². The predicted octanol–water partition coefficient (Wildman–Crippen LogP) is -0.266. The van der Waals surface area contributed by atoms with Gasteiger partial charge in [0.05, 0.1) is 12.1 Å². The van der Waals surface area contributed by atoms with Gasteiger partial charge in [-0.15, -0.1) is 5.06 Å². The van der Waals surface area contributed by atoms with Crippen LogP contribution in [0, 0.1) is 4.64 Å². The van der Waals surface area contributed by atoms with E-state index in [1.807, 2.05) is 0 Å². The Balaban J connectivity index is 1.95. The molecule has 2 rings (SSSR count). The van der Waals surface area contributed by atoms with Gasteiger partial charge in [0, 0.05) is 32.4 Å². The predicted molar refractivity (Wildman–Crippen MR) is 96.7 cm³/mol. The summed E-state index contributed by atoms with van der Waals surface area (Å²) in [7, 11) is 0. The van der Waals surface area contributed by atoms with Crippen LogP contribution >= 0.6 is 12.2 Å². The Kier molecular flexibility index (Phi) is 8.19. The lowest BCUT2D eigenvalue weighted by molar-refractivity contribution is -0.130. The Morgan fingerprint density at radius 2 is 1.85 bits per heavy atom. The van der Waals surface area contributed by atoms with E-state index < -0.39 is 5.97 Å². The summed E-state index contributed by atoms with van der Waals surface area (Å²) in [6.45, 7) is 2.84. The van der Waals surface area contributed by atoms with Crippen molar-refractivity contribution in [2.45, 2.75) is 12.8 Å². The lowest BCUT2D eigenvalue weighted by atomic mass is 10.3. The molecule has 0 aromatic carbocycles. The molecule has 0 spiro atoms. The first-order valence-electron chi connectivity index (χ1n) is 8.45. The fourth-order valence-electron chi connectivity index (χ4n) is 2.34. The van der Waals surface area contributed by atoms with Crippen molar-refractivity contribution in [3.63, 3.8) is 0 Å². The monoisotopic (exact) mass is 381 g/mol. The summed E-state index contributed by atoms with van der Waals surface area (Å²) >= 11 is 5.09. The van der Waals surface area contributed by atoms with Gasteiger partial charge in [-0.1, -0.05) is 12.2 Å². The largest absolute Gasteiger partial charge is 0.364 e. The Hall–Kier alpha value is -2.30. The van der Waals surface area contributed by atoms with Crippen LogP contribution in [0.25, 0.3) is 0 Å². The summed E-state index contributed by atoms with van der Waals surface area (Å²) in [5, 5.41) is 10.00. The van der Waals surface area contributed by atoms with Gasteiger partial charge in [-0.2, -0.15) is 0 Å². The van der Waals surface area contributed by atoms with Crippen molar-refractivity contribution in [1.82, 2.24) is 26.0 Å². The Bertz CT molecular complexity index is 693. The first kappa shape index (κ1) is 20.0. The van der Waals surface area contributed by atoms with Gasteiger partial charge in [0.1, 0.15) is 11.1 Å². The van der Waals surface area contributed by atoms with E-state index in [2.05, 4.69) is 20.9 Å². The average molecular weight is 381 g/mol. The van der Waals surface area contributed by atoms with Gasteiger partial charge >= 0.3 is 5.97 Å². The fourth-order valence-corrected chi connectivity index (χ4v) is 2.56. The minimum Gasteiger partial charge on any atom is -0.364 e. The molecule has 1 saturated heterocycles. The molecule has 0 radical (unpaired) electrons. The molecule has 0 atom stereocenters. The van der Waals surface area contributed by atoms with Gasteiger partial charge in [-0.3, -0.25) is 9.59 Å². The van der Waals surface area contributed by atoms with Crippen molar-refractivity contribution in [2.24, 2.45) is 0 Å². The van der Waals surface area contributed by atoms with Crippen LogP contribution in [-0.2, 0) is 14.4 Å². The van der Waals surface area contributed by atoms with Crippen LogP contribution in [0.15, 0.2) is 18.3 Å². The molecule has 0 aliphatic carbocycles. The standard InChI is InChI=1S/C16H23N5O4S/c22-13-11-14(23)19-8-10-21(9-2-4-17-6-7-18-13)25-16(24)12-3-1-5-20-15(12)26/h1,3,5,17H,2,4,6-11H2,(H,18,22)(H,19,23)(H,20,26). The lowest BCUT2D eigenvalue weighted by Gasteiger charge is -2.22. The zero-order valence-corrected chi connectivity index (χ0v) is 15.2. The zero-order valence-electron chi connectivity index (χ0n) is 14.4. The average Bonchev–Trinajstić information content (AvgIpc) is 2.60. The third-order valence-electron chi connectivity index (χ3n) is 3.64. The molecule has 2 amide bonds. The zero-order chi connectivity index (χ0) is 18.8. The number of H-pyrrole nitrogens is 1. The minimum atomic E-state index is -0.549. The van der Waals surface area contributed by atoms with Crippen molar-refractivity contribution < 1.29 is 19.2 Å². The van der Waals surface area contributed by atoms with E-state index in [9.17, 15) is 14.4 Å². The lowest BCUT2D eigenvalue weighted by Crippen LogP contribution is -2.41. The highest BCUT2D eigenvalue weighted by atomic mass is 32.1. The maximum atomic E-state index is 12.3. The highest BCUT2D eigenvalue weighted by Crippen LogP contribution is 2.05. The van der Waals surface area contributed by atoms with E-state index >= 15 is 0 Å². The van der Waals surface area contributed by atoms with Crippen LogP contribution in [0.2, 0.25) is 0 Å². The molecule has 1 aliphatic rings. The molecule has 4 N–H and O–H groups in total. The normalized spacial score (nSPS) is 18.3. The van der Waals surface area contributed by atoms with E-state index in [1.54, 1.807) is 18.3 Å². The maximum absolute atomic E-state index is 12.3. The molecule has 10 heteroatoms. The molecule has 1 aliphatic heterocycles. The summed E-state index contributed by atoms with van der Waals surface area (Å²) in [6.07, 6.45) is 2.15. The van der Waals surface area contributed by atoms with Crippen molar-refractivity contribution in [1.29, 1.82) is 0 Å². The van der Waals surface area contributed by atoms with E-state index in [0.29, 0.717) is 37.4 Å². The molecule has 9 nitrogen and oxygen atoms in total. The van der Waals surface area contributed by atoms with Gasteiger partial charge < -0.3 is 25.8 Å². The number of carbonyl (C=O) groups is 3. The number of carbonyl (C=O) groups excluding carboxylic acids is 3. The second-order valence-electron chi connectivity index (χ2n) is 5.70. The highest BCUT2D eigenvalue weighted by molar-refractivity contribution is 7.71. The molecule has 0 saturated carbocycles. The van der Waals surface area contributed by atoms with Crippen LogP contribution in [0.5, 0.6) is 0 Å². The summed E-state index contributed by atoms with van der Waals surface area (Å²) in [5.41, 5.74) is 0.278. The molecule has 0 bridgehead atoms. The Morgan fingerprint density at radius 3 is 2.62 bits per heavy atom. The molecular formula is C16H23N5O4S. The van der Waals surface area contributed by atoms with E-state index in [-0.39, 0.29) is 30.3 Å². The second-order valence-corrected chi connectivity index (χ2v) is 6.11. The quantitative estimate of drug-likeness (QED) is 0.412. The number of rotatable bonds is 2. The SMILES string of the molecule is O=C1CC(=O)NCCN(OC(=O)c2ccc[nH]c2=S)CCCNCCN1. The van der Waals surface area contributed by atoms with Crippen LogP contribution in [0.4, 0.5) is 0 Å². The first-order valence-corrected chi connectivity index (χ1v) is 8.86. The molecule has 1 fully saturated rings. The molecular weight excluding hydrogens is 358 g/mol. The number of hydroxylamine groups is 2. The number of aromatic nitrogens is 1. The number of pyridine rings is 1. The van der Waals surface area contributed by atoms with E-state index in [0.717, 1.165) is 6.42 Å². The molecule has 142 valence electrons. The summed E-state index contributed by atoms with van der Waals surface area (Å²) in [6, 6.07) is 3.26. The third kappa shape index (κ3) is 6.90. The summed E-state index contributed by atoms with van der Waals surface area (Å²) < 4.78 is 0.306. The second kappa shape index (κ2) is 10.6. The van der Waals surface area contributed by atoms with Gasteiger partial charge in [-0.05, 0) is 25.1 Å². The van der Waals surface area contributed by atoms with Gasteiger partial charge in [0.25, 0.3) is 0 Å². The molecule has 0 unspecified atom stereocenters. The number of amides is 2. The smallest absolute Gasteiger partial charge is 0.360 e. The van der Waals surface area contributed by atoms with Crippen LogP contribution < -0.4 is 16.0 Å². The van der Waals surface area contributed by atoms with Crippen molar-refractivity contribution >= 4 is 30.0 Å². The first-order chi connectivity index (χ1) is 12.6. The fraction of sp³-hybridized carbons (Fsp3) is 0.500. The summed E-state index contributed by atoms with van der Waals surface area (Å²) in [4.78, 5) is 43.8. The number of hydrogen-bond acceptors (Lipinski definition) is 7. The Labute approximate surface area is 156 Å². The maximum Gasteiger partial charge on any atom is 0.360 e. The topological polar surface area (TPSA) is 116 Å². The number of aromatic amines is 1. The minimum absolute atomic E-state index is 0.223. The summed E-state index contributed by atoms with van der Waals surface area (Å²) in [5.74, 6) is -1.24. The molecule has 26 heavy (non-hydrogen) atoms. The molecule has 1 aromatic heterocycles. The third-order valence-corrected chi connectivity index (χ3v) is 3.98. The molecule has 1 aromatic rings. The van der Waals surface area contributed by atoms with Crippen LogP contribution in [0.3, 0.4) is 0 Å². The highest BCUT2D eigenvalue weighted by Gasteiger charge is 2.16. The van der Waals surface area contributed by atoms with Gasteiger partial charge in [-0.25, -0.2) is 4.79 Å². The van der Waals surface area contributed by atoms with Gasteiger partial charge in [0.15, 0.2) is 0 Å². The van der Waals surface area contributed by atoms with Crippen molar-refractivity contribution in [2.75, 3.05) is 39.3 Å². The van der Waals surface area contributed by atoms with E-state index in [4.69, 9.17) is 17.1 Å². The number of nitrogens with zero attached hydrogens (tertiary/aromatic N) is 1. The van der Waals surface area contributed by atoms with Crippen molar-refractivity contribution in [3.8, 4) is 0 Å². The van der Waals surface area contributed by atoms with E-state index in [1.165, 1.54) is 5.06 Å².